The normalized spacial score (nSPS) is 30.3. The third kappa shape index (κ3) is 2.19. The molecule has 2 saturated heterocycles. The van der Waals surface area contributed by atoms with Crippen LogP contribution in [0, 0.1) is 11.7 Å². The molecule has 2 aliphatic heterocycles. The van der Waals surface area contributed by atoms with Crippen LogP contribution >= 0.6 is 0 Å². The average molecular weight is 263 g/mol. The molecule has 1 aromatic carbocycles. The monoisotopic (exact) mass is 263 g/mol. The van der Waals surface area contributed by atoms with E-state index in [1.807, 2.05) is 0 Å². The van der Waals surface area contributed by atoms with Gasteiger partial charge in [-0.25, -0.2) is 9.18 Å². The Hall–Kier alpha value is -1.95. The Morgan fingerprint density at radius 2 is 1.89 bits per heavy atom. The van der Waals surface area contributed by atoms with Gasteiger partial charge in [0.25, 0.3) is 0 Å². The number of nitrogens with one attached hydrogen (secondary N) is 3. The number of imide groups is 1. The molecule has 3 atom stereocenters. The summed E-state index contributed by atoms with van der Waals surface area (Å²) >= 11 is 0. The van der Waals surface area contributed by atoms with E-state index in [-0.39, 0.29) is 29.7 Å². The molecule has 3 rings (SSSR count). The fraction of sp³-hybridized carbons (Fsp3) is 0.385. The highest BCUT2D eigenvalue weighted by Gasteiger charge is 2.43. The molecule has 2 fully saturated rings. The largest absolute Gasteiger partial charge is 0.322 e. The molecular weight excluding hydrogens is 249 g/mol. The summed E-state index contributed by atoms with van der Waals surface area (Å²) in [6.45, 7) is 0.705. The lowest BCUT2D eigenvalue weighted by Gasteiger charge is -2.41. The Labute approximate surface area is 109 Å². The highest BCUT2D eigenvalue weighted by molar-refractivity contribution is 5.99. The topological polar surface area (TPSA) is 70.2 Å². The van der Waals surface area contributed by atoms with Crippen LogP contribution in [0.3, 0.4) is 0 Å². The molecule has 0 aromatic heterocycles. The minimum absolute atomic E-state index is 0.0209. The SMILES string of the molecule is O=C1NC(=O)C2C(NCCC2c2ccc(F)cc2)N1. The molecule has 2 aliphatic rings. The van der Waals surface area contributed by atoms with Crippen molar-refractivity contribution in [2.45, 2.75) is 18.5 Å². The van der Waals surface area contributed by atoms with Crippen molar-refractivity contribution >= 4 is 11.9 Å². The van der Waals surface area contributed by atoms with E-state index in [0.29, 0.717) is 6.54 Å². The zero-order valence-electron chi connectivity index (χ0n) is 10.2. The van der Waals surface area contributed by atoms with Crippen molar-refractivity contribution < 1.29 is 14.0 Å². The smallest absolute Gasteiger partial charge is 0.322 e. The van der Waals surface area contributed by atoms with Crippen LogP contribution in [0.2, 0.25) is 0 Å². The van der Waals surface area contributed by atoms with E-state index < -0.39 is 6.03 Å². The molecule has 6 heteroatoms. The third-order valence-corrected chi connectivity index (χ3v) is 3.74. The predicted octanol–water partition coefficient (Wildman–Crippen LogP) is 0.684. The molecule has 0 spiro atoms. The summed E-state index contributed by atoms with van der Waals surface area (Å²) in [6, 6.07) is 5.72. The van der Waals surface area contributed by atoms with Crippen LogP contribution in [-0.2, 0) is 4.79 Å². The Balaban J connectivity index is 1.90. The summed E-state index contributed by atoms with van der Waals surface area (Å²) < 4.78 is 13.0. The van der Waals surface area contributed by atoms with Crippen molar-refractivity contribution in [3.05, 3.63) is 35.6 Å². The standard InChI is InChI=1S/C13H14FN3O2/c14-8-3-1-7(2-4-8)9-5-6-15-11-10(9)12(18)17-13(19)16-11/h1-4,9-11,15H,5-6H2,(H2,16,17,18,19). The van der Waals surface area contributed by atoms with Crippen molar-refractivity contribution in [3.8, 4) is 0 Å². The van der Waals surface area contributed by atoms with Gasteiger partial charge in [-0.2, -0.15) is 0 Å². The zero-order valence-corrected chi connectivity index (χ0v) is 10.2. The number of carbonyl (C=O) groups is 2. The predicted molar refractivity (Wildman–Crippen MR) is 65.7 cm³/mol. The maximum absolute atomic E-state index is 13.0. The Kier molecular flexibility index (Phi) is 2.94. The van der Waals surface area contributed by atoms with Gasteiger partial charge >= 0.3 is 6.03 Å². The molecule has 100 valence electrons. The van der Waals surface area contributed by atoms with Crippen LogP contribution in [0.4, 0.5) is 9.18 Å². The molecule has 0 saturated carbocycles. The van der Waals surface area contributed by atoms with Crippen molar-refractivity contribution in [1.29, 1.82) is 0 Å². The lowest BCUT2D eigenvalue weighted by Crippen LogP contribution is -2.66. The Bertz CT molecular complexity index is 517. The van der Waals surface area contributed by atoms with E-state index in [1.165, 1.54) is 12.1 Å². The molecule has 3 N–H and O–H groups in total. The molecule has 19 heavy (non-hydrogen) atoms. The minimum Gasteiger partial charge on any atom is -0.322 e. The number of hydrogen-bond donors (Lipinski definition) is 3. The number of hydrogen-bond acceptors (Lipinski definition) is 3. The number of benzene rings is 1. The van der Waals surface area contributed by atoms with E-state index in [4.69, 9.17) is 0 Å². The van der Waals surface area contributed by atoms with Crippen LogP contribution in [0.1, 0.15) is 17.9 Å². The first-order valence-corrected chi connectivity index (χ1v) is 6.25. The maximum Gasteiger partial charge on any atom is 0.322 e. The van der Waals surface area contributed by atoms with Crippen LogP contribution in [0.15, 0.2) is 24.3 Å². The van der Waals surface area contributed by atoms with Crippen LogP contribution in [0.5, 0.6) is 0 Å². The molecule has 1 aromatic rings. The van der Waals surface area contributed by atoms with Gasteiger partial charge in [-0.15, -0.1) is 0 Å². The number of fused-ring (bicyclic) bond motifs is 1. The number of urea groups is 1. The maximum atomic E-state index is 13.0. The quantitative estimate of drug-likeness (QED) is 0.698. The van der Waals surface area contributed by atoms with Crippen molar-refractivity contribution in [3.63, 3.8) is 0 Å². The fourth-order valence-electron chi connectivity index (χ4n) is 2.86. The first kappa shape index (κ1) is 12.1. The Morgan fingerprint density at radius 3 is 2.63 bits per heavy atom. The van der Waals surface area contributed by atoms with E-state index in [1.54, 1.807) is 12.1 Å². The second-order valence-corrected chi connectivity index (χ2v) is 4.87. The summed E-state index contributed by atoms with van der Waals surface area (Å²) in [6.07, 6.45) is 0.417. The second-order valence-electron chi connectivity index (χ2n) is 4.87. The first-order valence-electron chi connectivity index (χ1n) is 6.25. The summed E-state index contributed by atoms with van der Waals surface area (Å²) in [4.78, 5) is 23.3. The number of halogens is 1. The van der Waals surface area contributed by atoms with Crippen molar-refractivity contribution in [2.24, 2.45) is 5.92 Å². The van der Waals surface area contributed by atoms with Gasteiger partial charge in [0.15, 0.2) is 0 Å². The van der Waals surface area contributed by atoms with E-state index in [0.717, 1.165) is 12.0 Å². The molecule has 2 heterocycles. The lowest BCUT2D eigenvalue weighted by atomic mass is 9.78. The second kappa shape index (κ2) is 4.62. The van der Waals surface area contributed by atoms with E-state index in [2.05, 4.69) is 16.0 Å². The fourth-order valence-corrected chi connectivity index (χ4v) is 2.86. The number of carbonyl (C=O) groups excluding carboxylic acids is 2. The molecule has 3 amide bonds. The zero-order chi connectivity index (χ0) is 13.4. The highest BCUT2D eigenvalue weighted by atomic mass is 19.1. The molecule has 3 unspecified atom stereocenters. The van der Waals surface area contributed by atoms with Gasteiger partial charge in [-0.1, -0.05) is 12.1 Å². The molecule has 0 aliphatic carbocycles. The summed E-state index contributed by atoms with van der Waals surface area (Å²) in [5, 5.41) is 8.12. The van der Waals surface area contributed by atoms with Crippen molar-refractivity contribution in [1.82, 2.24) is 16.0 Å². The van der Waals surface area contributed by atoms with Gasteiger partial charge in [-0.3, -0.25) is 15.4 Å². The summed E-state index contributed by atoms with van der Waals surface area (Å²) in [5.74, 6) is -0.963. The number of piperidine rings is 1. The van der Waals surface area contributed by atoms with Crippen LogP contribution in [-0.4, -0.2) is 24.6 Å². The van der Waals surface area contributed by atoms with Gasteiger partial charge < -0.3 is 5.32 Å². The van der Waals surface area contributed by atoms with Gasteiger partial charge in [0, 0.05) is 0 Å². The van der Waals surface area contributed by atoms with E-state index >= 15 is 0 Å². The summed E-state index contributed by atoms with van der Waals surface area (Å²) in [7, 11) is 0. The van der Waals surface area contributed by atoms with Crippen molar-refractivity contribution in [2.75, 3.05) is 6.54 Å². The highest BCUT2D eigenvalue weighted by Crippen LogP contribution is 2.33. The number of amides is 3. The third-order valence-electron chi connectivity index (χ3n) is 3.74. The molecular formula is C13H14FN3O2. The van der Waals surface area contributed by atoms with Gasteiger partial charge in [-0.05, 0) is 36.6 Å². The minimum atomic E-state index is -0.474. The van der Waals surface area contributed by atoms with E-state index in [9.17, 15) is 14.0 Å². The van der Waals surface area contributed by atoms with Crippen LogP contribution in [0.25, 0.3) is 0 Å². The van der Waals surface area contributed by atoms with Crippen LogP contribution < -0.4 is 16.0 Å². The molecule has 0 bridgehead atoms. The van der Waals surface area contributed by atoms with Gasteiger partial charge in [0.1, 0.15) is 5.82 Å². The molecule has 5 nitrogen and oxygen atoms in total. The first-order chi connectivity index (χ1) is 9.15. The van der Waals surface area contributed by atoms with Gasteiger partial charge in [0.2, 0.25) is 5.91 Å². The average Bonchev–Trinajstić information content (AvgIpc) is 2.38. The molecule has 0 radical (unpaired) electrons. The Morgan fingerprint density at radius 1 is 1.16 bits per heavy atom. The lowest BCUT2D eigenvalue weighted by molar-refractivity contribution is -0.127. The van der Waals surface area contributed by atoms with Gasteiger partial charge in [0.05, 0.1) is 12.1 Å². The summed E-state index contributed by atoms with van der Waals surface area (Å²) in [5.41, 5.74) is 0.921. The number of rotatable bonds is 1.